The Bertz CT molecular complexity index is 1140. The Morgan fingerprint density at radius 1 is 1.19 bits per heavy atom. The Balaban J connectivity index is 1.47. The van der Waals surface area contributed by atoms with Gasteiger partial charge < -0.3 is 15.3 Å². The lowest BCUT2D eigenvalue weighted by atomic mass is 9.87. The lowest BCUT2D eigenvalue weighted by Crippen LogP contribution is -2.42. The number of fused-ring (bicyclic) bond motifs is 1. The van der Waals surface area contributed by atoms with Crippen LogP contribution < -0.4 is 10.2 Å². The minimum atomic E-state index is -0.448. The van der Waals surface area contributed by atoms with Crippen LogP contribution in [0.1, 0.15) is 31.2 Å². The number of anilines is 2. The molecule has 3 heterocycles. The van der Waals surface area contributed by atoms with Crippen LogP contribution in [0.25, 0.3) is 22.6 Å². The average molecular weight is 437 g/mol. The van der Waals surface area contributed by atoms with Crippen molar-refractivity contribution in [3.8, 4) is 22.6 Å². The molecule has 0 bridgehead atoms. The predicted octanol–water partition coefficient (Wildman–Crippen LogP) is 2.69. The molecule has 1 aromatic carbocycles. The molecule has 3 N–H and O–H groups in total. The SMILES string of the molecule is Cc1cc(-c2nc[nH]n2)c(F)cc1-c1cnc2c(n1)N(CC1CCC(O)CC1)CC(=O)N2. The summed E-state index contributed by atoms with van der Waals surface area (Å²) >= 11 is 0. The molecule has 9 nitrogen and oxygen atoms in total. The van der Waals surface area contributed by atoms with Gasteiger partial charge in [-0.25, -0.2) is 19.3 Å². The standard InChI is InChI=1S/C22H24FN7O2/c1-12-6-16(20-25-11-26-29-20)17(23)7-15(12)18-8-24-21-22(27-18)30(10-19(32)28-21)9-13-2-4-14(31)5-3-13/h6-8,11,13-14,31H,2-5,9-10H2,1H3,(H,24,28,32)(H,25,26,29). The Hall–Kier alpha value is -3.40. The summed E-state index contributed by atoms with van der Waals surface area (Å²) < 4.78 is 14.9. The Morgan fingerprint density at radius 2 is 2.00 bits per heavy atom. The van der Waals surface area contributed by atoms with Crippen molar-refractivity contribution in [2.24, 2.45) is 5.92 Å². The van der Waals surface area contributed by atoms with Gasteiger partial charge in [0.1, 0.15) is 12.1 Å². The Morgan fingerprint density at radius 3 is 2.75 bits per heavy atom. The van der Waals surface area contributed by atoms with Crippen LogP contribution in [-0.2, 0) is 4.79 Å². The first-order valence-electron chi connectivity index (χ1n) is 10.7. The molecule has 0 unspecified atom stereocenters. The van der Waals surface area contributed by atoms with Crippen molar-refractivity contribution >= 4 is 17.5 Å². The first-order valence-corrected chi connectivity index (χ1v) is 10.7. The smallest absolute Gasteiger partial charge is 0.245 e. The maximum atomic E-state index is 14.9. The lowest BCUT2D eigenvalue weighted by Gasteiger charge is -2.34. The number of carbonyl (C=O) groups is 1. The van der Waals surface area contributed by atoms with E-state index in [0.29, 0.717) is 46.7 Å². The molecule has 10 heteroatoms. The van der Waals surface area contributed by atoms with E-state index >= 15 is 0 Å². The molecule has 32 heavy (non-hydrogen) atoms. The summed E-state index contributed by atoms with van der Waals surface area (Å²) in [4.78, 5) is 27.4. The molecule has 2 aliphatic rings. The van der Waals surface area contributed by atoms with Crippen LogP contribution in [-0.4, -0.2) is 55.4 Å². The Kier molecular flexibility index (Phi) is 5.30. The molecule has 2 aromatic heterocycles. The van der Waals surface area contributed by atoms with E-state index in [4.69, 9.17) is 4.98 Å². The molecular formula is C22H24FN7O2. The first kappa shape index (κ1) is 20.5. The van der Waals surface area contributed by atoms with Crippen LogP contribution in [0, 0.1) is 18.7 Å². The zero-order valence-electron chi connectivity index (χ0n) is 17.7. The van der Waals surface area contributed by atoms with E-state index in [9.17, 15) is 14.3 Å². The number of aryl methyl sites for hydroxylation is 1. The maximum Gasteiger partial charge on any atom is 0.245 e. The van der Waals surface area contributed by atoms with Gasteiger partial charge in [0.2, 0.25) is 5.91 Å². The highest BCUT2D eigenvalue weighted by molar-refractivity contribution is 5.99. The van der Waals surface area contributed by atoms with Crippen LogP contribution >= 0.6 is 0 Å². The van der Waals surface area contributed by atoms with Gasteiger partial charge in [0.05, 0.1) is 30.1 Å². The van der Waals surface area contributed by atoms with Crippen LogP contribution in [0.4, 0.5) is 16.0 Å². The molecule has 166 valence electrons. The number of aromatic nitrogens is 5. The number of amides is 1. The molecule has 0 radical (unpaired) electrons. The number of nitrogens with zero attached hydrogens (tertiary/aromatic N) is 5. The Labute approximate surface area is 184 Å². The van der Waals surface area contributed by atoms with Gasteiger partial charge in [-0.1, -0.05) is 0 Å². The summed E-state index contributed by atoms with van der Waals surface area (Å²) in [6.07, 6.45) is 6.10. The van der Waals surface area contributed by atoms with Crippen molar-refractivity contribution in [3.63, 3.8) is 0 Å². The highest BCUT2D eigenvalue weighted by atomic mass is 19.1. The number of halogens is 1. The highest BCUT2D eigenvalue weighted by Gasteiger charge is 2.29. The number of aromatic amines is 1. The fraction of sp³-hybridized carbons (Fsp3) is 0.409. The van der Waals surface area contributed by atoms with Crippen molar-refractivity contribution in [2.45, 2.75) is 38.7 Å². The summed E-state index contributed by atoms with van der Waals surface area (Å²) in [7, 11) is 0. The monoisotopic (exact) mass is 437 g/mol. The second-order valence-corrected chi connectivity index (χ2v) is 8.50. The fourth-order valence-electron chi connectivity index (χ4n) is 4.50. The van der Waals surface area contributed by atoms with Crippen LogP contribution in [0.15, 0.2) is 24.7 Å². The second-order valence-electron chi connectivity index (χ2n) is 8.50. The molecule has 5 rings (SSSR count). The third-order valence-electron chi connectivity index (χ3n) is 6.19. The van der Waals surface area contributed by atoms with E-state index in [0.717, 1.165) is 31.2 Å². The number of nitrogens with one attached hydrogen (secondary N) is 2. The zero-order chi connectivity index (χ0) is 22.2. The van der Waals surface area contributed by atoms with Gasteiger partial charge in [0.25, 0.3) is 0 Å². The number of aliphatic hydroxyl groups is 1. The van der Waals surface area contributed by atoms with Crippen molar-refractivity contribution in [2.75, 3.05) is 23.3 Å². The van der Waals surface area contributed by atoms with Gasteiger partial charge in [-0.2, -0.15) is 5.10 Å². The van der Waals surface area contributed by atoms with E-state index < -0.39 is 5.82 Å². The van der Waals surface area contributed by atoms with Gasteiger partial charge in [-0.05, 0) is 56.2 Å². The van der Waals surface area contributed by atoms with Crippen LogP contribution in [0.2, 0.25) is 0 Å². The predicted molar refractivity (Wildman–Crippen MR) is 116 cm³/mol. The van der Waals surface area contributed by atoms with E-state index in [1.807, 2.05) is 11.8 Å². The van der Waals surface area contributed by atoms with Crippen molar-refractivity contribution in [1.29, 1.82) is 0 Å². The number of carbonyl (C=O) groups excluding carboxylic acids is 1. The third kappa shape index (κ3) is 3.93. The molecule has 1 aliphatic heterocycles. The lowest BCUT2D eigenvalue weighted by molar-refractivity contribution is -0.115. The van der Waals surface area contributed by atoms with Gasteiger partial charge >= 0.3 is 0 Å². The summed E-state index contributed by atoms with van der Waals surface area (Å²) in [5.74, 6) is 1.09. The minimum absolute atomic E-state index is 0.131. The van der Waals surface area contributed by atoms with Crippen molar-refractivity contribution in [3.05, 3.63) is 36.0 Å². The van der Waals surface area contributed by atoms with E-state index in [1.165, 1.54) is 12.4 Å². The molecule has 1 amide bonds. The van der Waals surface area contributed by atoms with E-state index in [1.54, 1.807) is 12.3 Å². The van der Waals surface area contributed by atoms with Crippen LogP contribution in [0.3, 0.4) is 0 Å². The van der Waals surface area contributed by atoms with Gasteiger partial charge in [0.15, 0.2) is 17.5 Å². The number of hydrogen-bond acceptors (Lipinski definition) is 7. The number of rotatable bonds is 4. The van der Waals surface area contributed by atoms with Crippen molar-refractivity contribution < 1.29 is 14.3 Å². The fourth-order valence-corrected chi connectivity index (χ4v) is 4.50. The minimum Gasteiger partial charge on any atom is -0.393 e. The van der Waals surface area contributed by atoms with Crippen LogP contribution in [0.5, 0.6) is 0 Å². The van der Waals surface area contributed by atoms with Gasteiger partial charge in [-0.3, -0.25) is 9.89 Å². The largest absolute Gasteiger partial charge is 0.393 e. The highest BCUT2D eigenvalue weighted by Crippen LogP contribution is 2.34. The molecule has 0 atom stereocenters. The second kappa shape index (κ2) is 8.27. The van der Waals surface area contributed by atoms with E-state index in [-0.39, 0.29) is 18.6 Å². The molecule has 1 fully saturated rings. The molecule has 1 aliphatic carbocycles. The molecule has 0 spiro atoms. The number of aliphatic hydroxyl groups excluding tert-OH is 1. The quantitative estimate of drug-likeness (QED) is 0.574. The van der Waals surface area contributed by atoms with E-state index in [2.05, 4.69) is 25.5 Å². The van der Waals surface area contributed by atoms with Gasteiger partial charge in [0, 0.05) is 12.1 Å². The molecular weight excluding hydrogens is 413 g/mol. The molecule has 1 saturated carbocycles. The third-order valence-corrected chi connectivity index (χ3v) is 6.19. The normalized spacial score (nSPS) is 20.7. The van der Waals surface area contributed by atoms with Gasteiger partial charge in [-0.15, -0.1) is 0 Å². The first-order chi connectivity index (χ1) is 15.5. The average Bonchev–Trinajstić information content (AvgIpc) is 3.31. The summed E-state index contributed by atoms with van der Waals surface area (Å²) in [5.41, 5.74) is 2.27. The zero-order valence-corrected chi connectivity index (χ0v) is 17.7. The molecule has 0 saturated heterocycles. The summed E-state index contributed by atoms with van der Waals surface area (Å²) in [6.45, 7) is 2.74. The maximum absolute atomic E-state index is 14.9. The number of H-pyrrole nitrogens is 1. The molecule has 3 aromatic rings. The van der Waals surface area contributed by atoms with Crippen molar-refractivity contribution in [1.82, 2.24) is 25.1 Å². The topological polar surface area (TPSA) is 120 Å². The summed E-state index contributed by atoms with van der Waals surface area (Å²) in [5, 5.41) is 19.1. The summed E-state index contributed by atoms with van der Waals surface area (Å²) in [6, 6.07) is 3.12. The number of benzene rings is 1. The number of hydrogen-bond donors (Lipinski definition) is 3.